The van der Waals surface area contributed by atoms with E-state index in [2.05, 4.69) is 27.6 Å². The van der Waals surface area contributed by atoms with Crippen molar-refractivity contribution in [3.8, 4) is 0 Å². The Labute approximate surface area is 154 Å². The minimum atomic E-state index is -0.182. The third-order valence-corrected chi connectivity index (χ3v) is 6.74. The average molecular weight is 365 g/mol. The van der Waals surface area contributed by atoms with Crippen LogP contribution in [0.2, 0.25) is 0 Å². The Balaban J connectivity index is 1.17. The number of hydrogen-bond acceptors (Lipinski definition) is 7. The van der Waals surface area contributed by atoms with E-state index in [0.29, 0.717) is 17.2 Å². The minimum absolute atomic E-state index is 0.182. The number of nitrogens with zero attached hydrogens (tertiary/aromatic N) is 3. The summed E-state index contributed by atoms with van der Waals surface area (Å²) in [6.07, 6.45) is 8.87. The molecule has 0 radical (unpaired) electrons. The number of hydroxylamine groups is 2. The van der Waals surface area contributed by atoms with Gasteiger partial charge in [-0.05, 0) is 26.3 Å². The van der Waals surface area contributed by atoms with Gasteiger partial charge in [0.2, 0.25) is 0 Å². The summed E-state index contributed by atoms with van der Waals surface area (Å²) < 4.78 is 2.42. The van der Waals surface area contributed by atoms with Gasteiger partial charge >= 0.3 is 5.97 Å². The first-order valence-corrected chi connectivity index (χ1v) is 10.1. The van der Waals surface area contributed by atoms with Crippen molar-refractivity contribution < 1.29 is 9.63 Å². The van der Waals surface area contributed by atoms with E-state index in [4.69, 9.17) is 4.84 Å². The topological polar surface area (TPSA) is 48.0 Å². The van der Waals surface area contributed by atoms with Crippen LogP contribution in [0.4, 0.5) is 0 Å². The van der Waals surface area contributed by atoms with Crippen LogP contribution < -0.4 is 5.32 Å². The molecule has 0 aromatic rings. The number of allylic oxidation sites excluding steroid dienone is 3. The van der Waals surface area contributed by atoms with Crippen LogP contribution >= 0.6 is 11.9 Å². The maximum absolute atomic E-state index is 12.2. The molecule has 4 aliphatic rings. The van der Waals surface area contributed by atoms with E-state index in [-0.39, 0.29) is 5.97 Å². The van der Waals surface area contributed by atoms with E-state index in [0.717, 1.165) is 44.7 Å². The molecule has 3 heterocycles. The molecule has 138 valence electrons. The van der Waals surface area contributed by atoms with Crippen molar-refractivity contribution in [3.05, 3.63) is 23.8 Å². The smallest absolute Gasteiger partial charge is 0.352 e. The van der Waals surface area contributed by atoms with Crippen molar-refractivity contribution in [2.24, 2.45) is 5.41 Å². The van der Waals surface area contributed by atoms with E-state index < -0.39 is 0 Å². The molecular formula is C18H28N4O2S. The first kappa shape index (κ1) is 17.5. The second-order valence-electron chi connectivity index (χ2n) is 7.73. The van der Waals surface area contributed by atoms with Gasteiger partial charge in [0.1, 0.15) is 0 Å². The summed E-state index contributed by atoms with van der Waals surface area (Å²) in [6, 6.07) is 0. The van der Waals surface area contributed by atoms with Crippen molar-refractivity contribution in [1.82, 2.24) is 19.6 Å². The number of carbonyl (C=O) groups is 1. The Morgan fingerprint density at radius 3 is 2.76 bits per heavy atom. The van der Waals surface area contributed by atoms with Crippen LogP contribution in [0.3, 0.4) is 0 Å². The summed E-state index contributed by atoms with van der Waals surface area (Å²) in [4.78, 5) is 20.1. The summed E-state index contributed by atoms with van der Waals surface area (Å²) in [5, 5.41) is 6.04. The Morgan fingerprint density at radius 1 is 1.28 bits per heavy atom. The standard InChI is InChI=1S/C18H28N4O2S/c1-20-13-18(14-20)11-16(19-12-18)25-22-9-7-21(8-10-22)24-17(23)15-5-3-2-4-6-15/h2-3,6,16,19H,4-5,7-14H2,1H3. The largest absolute Gasteiger partial charge is 0.364 e. The molecule has 3 saturated heterocycles. The zero-order valence-corrected chi connectivity index (χ0v) is 15.8. The summed E-state index contributed by atoms with van der Waals surface area (Å²) in [5.41, 5.74) is 1.30. The molecule has 0 aromatic carbocycles. The van der Waals surface area contributed by atoms with Gasteiger partial charge in [-0.3, -0.25) is 0 Å². The zero-order valence-electron chi connectivity index (χ0n) is 14.9. The van der Waals surface area contributed by atoms with Crippen LogP contribution in [0.1, 0.15) is 19.3 Å². The van der Waals surface area contributed by atoms with Crippen LogP contribution in [0.25, 0.3) is 0 Å². The van der Waals surface area contributed by atoms with E-state index in [1.807, 2.05) is 29.2 Å². The van der Waals surface area contributed by atoms with Gasteiger partial charge in [-0.1, -0.05) is 30.2 Å². The maximum Gasteiger partial charge on any atom is 0.352 e. The van der Waals surface area contributed by atoms with E-state index in [9.17, 15) is 4.79 Å². The molecule has 4 rings (SSSR count). The summed E-state index contributed by atoms with van der Waals surface area (Å²) >= 11 is 1.95. The molecule has 1 aliphatic carbocycles. The SMILES string of the molecule is CN1CC2(CNC(SN3CCN(OC(=O)C4=CCC=CC4)CC3)C2)C1. The van der Waals surface area contributed by atoms with Gasteiger partial charge < -0.3 is 15.1 Å². The molecule has 1 unspecified atom stereocenters. The number of nitrogens with one attached hydrogen (secondary N) is 1. The van der Waals surface area contributed by atoms with Gasteiger partial charge in [0.25, 0.3) is 0 Å². The molecule has 0 amide bonds. The minimum Gasteiger partial charge on any atom is -0.364 e. The molecule has 0 saturated carbocycles. The lowest BCUT2D eigenvalue weighted by molar-refractivity contribution is -0.190. The highest BCUT2D eigenvalue weighted by molar-refractivity contribution is 7.97. The van der Waals surface area contributed by atoms with Crippen molar-refractivity contribution in [2.75, 3.05) is 52.9 Å². The number of likely N-dealkylation sites (tertiary alicyclic amines) is 1. The lowest BCUT2D eigenvalue weighted by Gasteiger charge is -2.46. The lowest BCUT2D eigenvalue weighted by atomic mass is 9.80. The Morgan fingerprint density at radius 2 is 2.08 bits per heavy atom. The Kier molecular flexibility index (Phi) is 5.20. The fraction of sp³-hybridized carbons (Fsp3) is 0.722. The van der Waals surface area contributed by atoms with Crippen molar-refractivity contribution in [3.63, 3.8) is 0 Å². The molecule has 0 bridgehead atoms. The molecule has 7 heteroatoms. The monoisotopic (exact) mass is 364 g/mol. The predicted octanol–water partition coefficient (Wildman–Crippen LogP) is 1.24. The molecular weight excluding hydrogens is 336 g/mol. The number of carbonyl (C=O) groups excluding carboxylic acids is 1. The summed E-state index contributed by atoms with van der Waals surface area (Å²) in [7, 11) is 2.20. The van der Waals surface area contributed by atoms with Gasteiger partial charge in [-0.2, -0.15) is 0 Å². The van der Waals surface area contributed by atoms with Gasteiger partial charge in [-0.15, -0.1) is 5.06 Å². The fourth-order valence-corrected chi connectivity index (χ4v) is 5.59. The second-order valence-corrected chi connectivity index (χ2v) is 9.02. The van der Waals surface area contributed by atoms with Crippen molar-refractivity contribution >= 4 is 17.9 Å². The first-order valence-electron chi connectivity index (χ1n) is 9.27. The maximum atomic E-state index is 12.2. The Bertz CT molecular complexity index is 565. The number of piperazine rings is 1. The number of hydrogen-bond donors (Lipinski definition) is 1. The molecule has 1 spiro atoms. The number of rotatable bonds is 4. The van der Waals surface area contributed by atoms with Crippen LogP contribution in [-0.2, 0) is 9.63 Å². The van der Waals surface area contributed by atoms with E-state index >= 15 is 0 Å². The normalized spacial score (nSPS) is 30.3. The van der Waals surface area contributed by atoms with Crippen LogP contribution in [0, 0.1) is 5.41 Å². The van der Waals surface area contributed by atoms with Crippen molar-refractivity contribution in [2.45, 2.75) is 24.6 Å². The molecule has 6 nitrogen and oxygen atoms in total. The Hall–Kier alpha value is -0.860. The first-order chi connectivity index (χ1) is 12.1. The molecule has 3 aliphatic heterocycles. The molecule has 1 atom stereocenters. The van der Waals surface area contributed by atoms with E-state index in [1.165, 1.54) is 19.5 Å². The highest BCUT2D eigenvalue weighted by Gasteiger charge is 2.47. The lowest BCUT2D eigenvalue weighted by Crippen LogP contribution is -2.55. The fourth-order valence-electron chi connectivity index (χ4n) is 4.27. The molecule has 0 aromatic heterocycles. The van der Waals surface area contributed by atoms with Crippen LogP contribution in [0.15, 0.2) is 23.8 Å². The third-order valence-electron chi connectivity index (χ3n) is 5.49. The quantitative estimate of drug-likeness (QED) is 0.595. The van der Waals surface area contributed by atoms with Gasteiger partial charge in [0, 0.05) is 56.8 Å². The highest BCUT2D eigenvalue weighted by Crippen LogP contribution is 2.41. The summed E-state index contributed by atoms with van der Waals surface area (Å²) in [6.45, 7) is 7.03. The van der Waals surface area contributed by atoms with Gasteiger partial charge in [0.05, 0.1) is 5.37 Å². The average Bonchev–Trinajstić information content (AvgIpc) is 3.01. The predicted molar refractivity (Wildman–Crippen MR) is 99.6 cm³/mol. The second kappa shape index (κ2) is 7.40. The van der Waals surface area contributed by atoms with Gasteiger partial charge in [0.15, 0.2) is 0 Å². The molecule has 25 heavy (non-hydrogen) atoms. The van der Waals surface area contributed by atoms with E-state index in [1.54, 1.807) is 0 Å². The van der Waals surface area contributed by atoms with Crippen LogP contribution in [0.5, 0.6) is 0 Å². The van der Waals surface area contributed by atoms with Crippen LogP contribution in [-0.4, -0.2) is 78.5 Å². The third kappa shape index (κ3) is 4.11. The highest BCUT2D eigenvalue weighted by atomic mass is 32.2. The zero-order chi connectivity index (χ0) is 17.3. The molecule has 1 N–H and O–H groups in total. The summed E-state index contributed by atoms with van der Waals surface area (Å²) in [5.74, 6) is -0.182. The molecule has 3 fully saturated rings. The van der Waals surface area contributed by atoms with Gasteiger partial charge in [-0.25, -0.2) is 9.10 Å². The van der Waals surface area contributed by atoms with Crippen molar-refractivity contribution in [1.29, 1.82) is 0 Å².